The van der Waals surface area contributed by atoms with Gasteiger partial charge >= 0.3 is 0 Å². The van der Waals surface area contributed by atoms with Crippen molar-refractivity contribution in [2.75, 3.05) is 6.54 Å². The van der Waals surface area contributed by atoms with Crippen LogP contribution in [0.25, 0.3) is 16.8 Å². The molecule has 1 fully saturated rings. The van der Waals surface area contributed by atoms with Crippen molar-refractivity contribution >= 4 is 45.4 Å². The number of hydrogen-bond acceptors (Lipinski definition) is 3. The smallest absolute Gasteiger partial charge is 0.267 e. The van der Waals surface area contributed by atoms with Crippen LogP contribution in [-0.2, 0) is 4.79 Å². The molecule has 0 radical (unpaired) electrons. The molecular weight excluding hydrogens is 352 g/mol. The third-order valence-electron chi connectivity index (χ3n) is 4.28. The van der Waals surface area contributed by atoms with Gasteiger partial charge in [0.05, 0.1) is 10.6 Å². The summed E-state index contributed by atoms with van der Waals surface area (Å²) in [6.45, 7) is 4.21. The zero-order valence-electron chi connectivity index (χ0n) is 14.7. The number of thioether (sulfide) groups is 1. The monoisotopic (exact) mass is 370 g/mol. The number of amidine groups is 1. The maximum absolute atomic E-state index is 12.9. The number of hydrogen-bond donors (Lipinski definition) is 0. The molecule has 0 spiro atoms. The van der Waals surface area contributed by atoms with Crippen molar-refractivity contribution < 1.29 is 4.79 Å². The maximum atomic E-state index is 12.9. The summed E-state index contributed by atoms with van der Waals surface area (Å²) in [7, 11) is 0. The molecule has 0 N–H and O–H groups in total. The van der Waals surface area contributed by atoms with Crippen LogP contribution in [0.3, 0.4) is 0 Å². The number of fused-ring (bicyclic) bond motifs is 1. The van der Waals surface area contributed by atoms with Gasteiger partial charge < -0.3 is 0 Å². The first-order valence-electron chi connectivity index (χ1n) is 8.70. The number of amides is 1. The van der Waals surface area contributed by atoms with E-state index < -0.39 is 0 Å². The van der Waals surface area contributed by atoms with Crippen molar-refractivity contribution in [3.63, 3.8) is 0 Å². The summed E-state index contributed by atoms with van der Waals surface area (Å²) in [6, 6.07) is 24.0. The van der Waals surface area contributed by atoms with Crippen LogP contribution in [0.2, 0.25) is 0 Å². The number of carbonyl (C=O) groups excluding carboxylic acids is 1. The topological polar surface area (TPSA) is 32.7 Å². The Labute approximate surface area is 162 Å². The fraction of sp³-hybridized carbons (Fsp3) is 0.0435. The van der Waals surface area contributed by atoms with E-state index in [1.807, 2.05) is 60.7 Å². The maximum Gasteiger partial charge on any atom is 0.267 e. The van der Waals surface area contributed by atoms with Crippen molar-refractivity contribution in [2.45, 2.75) is 0 Å². The molecule has 0 atom stereocenters. The van der Waals surface area contributed by atoms with Gasteiger partial charge in [-0.05, 0) is 34.9 Å². The number of aliphatic imine (C=N–C) groups is 1. The lowest BCUT2D eigenvalue weighted by molar-refractivity contribution is -0.121. The minimum absolute atomic E-state index is 0.0391. The van der Waals surface area contributed by atoms with Crippen molar-refractivity contribution in [3.05, 3.63) is 95.9 Å². The van der Waals surface area contributed by atoms with E-state index in [1.54, 1.807) is 11.0 Å². The van der Waals surface area contributed by atoms with E-state index in [0.29, 0.717) is 16.6 Å². The summed E-state index contributed by atoms with van der Waals surface area (Å²) in [5.41, 5.74) is 1.86. The Morgan fingerprint density at radius 3 is 2.52 bits per heavy atom. The first kappa shape index (κ1) is 17.3. The van der Waals surface area contributed by atoms with E-state index in [0.717, 1.165) is 22.0 Å². The first-order valence-corrected chi connectivity index (χ1v) is 9.52. The van der Waals surface area contributed by atoms with Crippen LogP contribution in [-0.4, -0.2) is 22.5 Å². The molecule has 4 heteroatoms. The van der Waals surface area contributed by atoms with Gasteiger partial charge in [0.1, 0.15) is 0 Å². The van der Waals surface area contributed by atoms with Gasteiger partial charge in [-0.15, -0.1) is 6.58 Å². The largest absolute Gasteiger partial charge is 0.283 e. The van der Waals surface area contributed by atoms with Gasteiger partial charge in [-0.1, -0.05) is 72.8 Å². The van der Waals surface area contributed by atoms with E-state index in [2.05, 4.69) is 24.8 Å². The molecule has 1 saturated heterocycles. The van der Waals surface area contributed by atoms with Gasteiger partial charge in [0.15, 0.2) is 5.17 Å². The molecule has 4 rings (SSSR count). The number of nitrogens with zero attached hydrogens (tertiary/aromatic N) is 2. The van der Waals surface area contributed by atoms with Crippen LogP contribution in [0.5, 0.6) is 0 Å². The number of benzene rings is 3. The summed E-state index contributed by atoms with van der Waals surface area (Å²) in [6.07, 6.45) is 3.64. The molecule has 0 aliphatic carbocycles. The highest BCUT2D eigenvalue weighted by Crippen LogP contribution is 2.35. The lowest BCUT2D eigenvalue weighted by Gasteiger charge is -2.13. The van der Waals surface area contributed by atoms with E-state index >= 15 is 0 Å². The lowest BCUT2D eigenvalue weighted by Crippen LogP contribution is -2.29. The summed E-state index contributed by atoms with van der Waals surface area (Å²) in [5.74, 6) is -0.0391. The molecular formula is C23H18N2OS. The van der Waals surface area contributed by atoms with E-state index in [4.69, 9.17) is 4.99 Å². The Kier molecular flexibility index (Phi) is 4.90. The predicted octanol–water partition coefficient (Wildman–Crippen LogP) is 5.63. The zero-order chi connectivity index (χ0) is 18.6. The third kappa shape index (κ3) is 3.57. The van der Waals surface area contributed by atoms with E-state index in [9.17, 15) is 4.79 Å². The Balaban J connectivity index is 1.76. The minimum atomic E-state index is -0.0391. The van der Waals surface area contributed by atoms with Gasteiger partial charge in [0, 0.05) is 11.9 Å². The molecule has 1 heterocycles. The van der Waals surface area contributed by atoms with Crippen LogP contribution in [0, 0.1) is 0 Å². The van der Waals surface area contributed by atoms with Crippen molar-refractivity contribution in [1.29, 1.82) is 0 Å². The zero-order valence-corrected chi connectivity index (χ0v) is 15.5. The Morgan fingerprint density at radius 2 is 1.70 bits per heavy atom. The molecule has 0 aromatic heterocycles. The van der Waals surface area contributed by atoms with Crippen LogP contribution in [0.15, 0.2) is 95.3 Å². The molecule has 3 aromatic carbocycles. The van der Waals surface area contributed by atoms with Crippen LogP contribution in [0.4, 0.5) is 5.69 Å². The Bertz CT molecular complexity index is 1060. The SMILES string of the molecule is C=CCN1C(=O)/C(=C/c2ccccc2)SC1=Nc1cccc2ccccc12. The Morgan fingerprint density at radius 1 is 0.963 bits per heavy atom. The number of rotatable bonds is 4. The molecule has 3 nitrogen and oxygen atoms in total. The molecule has 0 bridgehead atoms. The van der Waals surface area contributed by atoms with Crippen molar-refractivity contribution in [2.24, 2.45) is 4.99 Å². The average molecular weight is 370 g/mol. The summed E-state index contributed by atoms with van der Waals surface area (Å²) >= 11 is 1.40. The second-order valence-corrected chi connectivity index (χ2v) is 7.13. The quantitative estimate of drug-likeness (QED) is 0.440. The summed E-state index contributed by atoms with van der Waals surface area (Å²) < 4.78 is 0. The molecule has 0 saturated carbocycles. The Hall–Kier alpha value is -3.11. The minimum Gasteiger partial charge on any atom is -0.283 e. The molecule has 1 aliphatic heterocycles. The van der Waals surface area contributed by atoms with E-state index in [-0.39, 0.29) is 5.91 Å². The highest BCUT2D eigenvalue weighted by atomic mass is 32.2. The van der Waals surface area contributed by atoms with Gasteiger partial charge in [-0.3, -0.25) is 9.69 Å². The molecule has 1 amide bonds. The van der Waals surface area contributed by atoms with Crippen molar-refractivity contribution in [3.8, 4) is 0 Å². The van der Waals surface area contributed by atoms with Gasteiger partial charge in [-0.25, -0.2) is 4.99 Å². The third-order valence-corrected chi connectivity index (χ3v) is 5.29. The highest BCUT2D eigenvalue weighted by molar-refractivity contribution is 8.18. The molecule has 1 aliphatic rings. The first-order chi connectivity index (χ1) is 13.3. The van der Waals surface area contributed by atoms with Crippen LogP contribution < -0.4 is 0 Å². The van der Waals surface area contributed by atoms with Crippen molar-refractivity contribution in [1.82, 2.24) is 4.90 Å². The van der Waals surface area contributed by atoms with Gasteiger partial charge in [0.2, 0.25) is 0 Å². The standard InChI is InChI=1S/C23H18N2OS/c1-2-15-25-22(26)21(16-17-9-4-3-5-10-17)27-23(25)24-20-14-8-12-18-11-6-7-13-19(18)20/h2-14,16H,1,15H2/b21-16-,24-23?. The van der Waals surface area contributed by atoms with Gasteiger partial charge in [-0.2, -0.15) is 0 Å². The van der Waals surface area contributed by atoms with Crippen LogP contribution >= 0.6 is 11.8 Å². The normalized spacial score (nSPS) is 17.2. The molecule has 27 heavy (non-hydrogen) atoms. The van der Waals surface area contributed by atoms with Crippen LogP contribution in [0.1, 0.15) is 5.56 Å². The molecule has 132 valence electrons. The summed E-state index contributed by atoms with van der Waals surface area (Å²) in [5, 5.41) is 2.88. The average Bonchev–Trinajstić information content (AvgIpc) is 2.98. The highest BCUT2D eigenvalue weighted by Gasteiger charge is 2.32. The lowest BCUT2D eigenvalue weighted by atomic mass is 10.1. The fourth-order valence-electron chi connectivity index (χ4n) is 2.99. The van der Waals surface area contributed by atoms with Gasteiger partial charge in [0.25, 0.3) is 5.91 Å². The number of carbonyl (C=O) groups is 1. The second-order valence-electron chi connectivity index (χ2n) is 6.12. The molecule has 3 aromatic rings. The second kappa shape index (κ2) is 7.64. The molecule has 0 unspecified atom stereocenters. The fourth-order valence-corrected chi connectivity index (χ4v) is 3.99. The summed E-state index contributed by atoms with van der Waals surface area (Å²) in [4.78, 5) is 20.0. The van der Waals surface area contributed by atoms with E-state index in [1.165, 1.54) is 11.8 Å². The predicted molar refractivity (Wildman–Crippen MR) is 115 cm³/mol.